The van der Waals surface area contributed by atoms with Crippen molar-refractivity contribution in [2.24, 2.45) is 33.8 Å². The van der Waals surface area contributed by atoms with E-state index in [2.05, 4.69) is 15.5 Å². The SMILES string of the molecule is CC(C)(O/N=C(\C(=O)N[C@@H]1C(=O)N2C(C(=O)[O-])=C(C[n+]3ccccc3)CS[C@H]12)c1csc(N)n1)C(=O)O.NC[C@H]1O[C@H](O[C@H]2[C@H](O)[C@@H](O[C@H]3O[C@H](CO)[C@@H](O)[C@H](N)[C@H]3O)[C@H](N)C[C@@H]2N)[C@H](N)C[C@@H]1O. The minimum Gasteiger partial charge on any atom is -0.543 e. The molecular formula is C40H59N11O16S2. The van der Waals surface area contributed by atoms with Gasteiger partial charge in [0.1, 0.15) is 53.7 Å². The van der Waals surface area contributed by atoms with Gasteiger partial charge in [0.2, 0.25) is 5.60 Å². The van der Waals surface area contributed by atoms with Gasteiger partial charge in [-0.15, -0.1) is 23.1 Å². The Kier molecular flexibility index (Phi) is 17.7. The molecule has 16 atom stereocenters. The van der Waals surface area contributed by atoms with E-state index in [0.717, 1.165) is 16.2 Å². The second-order valence-electron chi connectivity index (χ2n) is 17.4. The zero-order valence-electron chi connectivity index (χ0n) is 37.3. The highest BCUT2D eigenvalue weighted by molar-refractivity contribution is 8.00. The number of nitrogens with two attached hydrogens (primary N) is 6. The summed E-state index contributed by atoms with van der Waals surface area (Å²) in [6.45, 7) is 2.24. The molecule has 7 rings (SSSR count). The summed E-state index contributed by atoms with van der Waals surface area (Å²) >= 11 is 2.32. The summed E-state index contributed by atoms with van der Waals surface area (Å²) in [5.41, 5.74) is 33.6. The van der Waals surface area contributed by atoms with E-state index < -0.39 is 133 Å². The largest absolute Gasteiger partial charge is 0.543 e. The Bertz CT molecular complexity index is 2210. The molecule has 0 aromatic carbocycles. The van der Waals surface area contributed by atoms with E-state index >= 15 is 0 Å². The first-order valence-corrected chi connectivity index (χ1v) is 23.5. The van der Waals surface area contributed by atoms with Crippen LogP contribution >= 0.6 is 23.1 Å². The summed E-state index contributed by atoms with van der Waals surface area (Å²) < 4.78 is 24.5. The van der Waals surface area contributed by atoms with E-state index in [1.54, 1.807) is 29.1 Å². The van der Waals surface area contributed by atoms with E-state index in [9.17, 15) is 54.9 Å². The number of aliphatic carboxylic acids is 2. The molecule has 4 fully saturated rings. The number of carbonyl (C=O) groups excluding carboxylic acids is 3. The van der Waals surface area contributed by atoms with Gasteiger partial charge in [-0.25, -0.2) is 14.3 Å². The number of oxime groups is 1. The molecule has 3 saturated heterocycles. The number of carboxylic acids is 2. The number of pyridine rings is 1. The fourth-order valence-corrected chi connectivity index (χ4v) is 9.87. The molecule has 19 N–H and O–H groups in total. The number of carboxylic acid groups (broad SMARTS) is 2. The number of ether oxygens (including phenoxy) is 4. The summed E-state index contributed by atoms with van der Waals surface area (Å²) in [4.78, 5) is 59.6. The Morgan fingerprint density at radius 1 is 0.971 bits per heavy atom. The molecule has 27 nitrogen and oxygen atoms in total. The van der Waals surface area contributed by atoms with Gasteiger partial charge in [-0.1, -0.05) is 11.2 Å². The molecule has 4 aliphatic heterocycles. The molecule has 0 bridgehead atoms. The number of anilines is 1. The van der Waals surface area contributed by atoms with Crippen molar-refractivity contribution >= 4 is 57.7 Å². The molecule has 0 unspecified atom stereocenters. The summed E-state index contributed by atoms with van der Waals surface area (Å²) in [6.07, 6.45) is -7.21. The van der Waals surface area contributed by atoms with Crippen molar-refractivity contribution in [1.29, 1.82) is 0 Å². The normalized spacial score (nSPS) is 35.0. The van der Waals surface area contributed by atoms with Gasteiger partial charge in [0.15, 0.2) is 42.4 Å². The van der Waals surface area contributed by atoms with Gasteiger partial charge >= 0.3 is 5.97 Å². The molecule has 29 heteroatoms. The van der Waals surface area contributed by atoms with Crippen LogP contribution in [0, 0.1) is 0 Å². The lowest BCUT2D eigenvalue weighted by Gasteiger charge is -2.50. The van der Waals surface area contributed by atoms with Crippen LogP contribution in [0.5, 0.6) is 0 Å². The number of nitrogens with zero attached hydrogens (tertiary/aromatic N) is 4. The minimum atomic E-state index is -1.75. The molecule has 0 spiro atoms. The zero-order chi connectivity index (χ0) is 50.6. The fraction of sp³-hybridized carbons (Fsp3) is 0.625. The number of hydrogen-bond donors (Lipinski definition) is 13. The topological polar surface area (TPSA) is 459 Å². The highest BCUT2D eigenvalue weighted by Gasteiger charge is 2.54. The number of nitrogen functional groups attached to an aromatic ring is 1. The molecule has 1 saturated carbocycles. The summed E-state index contributed by atoms with van der Waals surface area (Å²) in [5.74, 6) is -4.01. The van der Waals surface area contributed by atoms with Crippen molar-refractivity contribution in [1.82, 2.24) is 15.2 Å². The van der Waals surface area contributed by atoms with Gasteiger partial charge < -0.3 is 104 Å². The molecule has 2 aromatic heterocycles. The first kappa shape index (κ1) is 53.8. The predicted molar refractivity (Wildman–Crippen MR) is 238 cm³/mol. The quantitative estimate of drug-likeness (QED) is 0.0341. The number of aliphatic hydroxyl groups is 5. The van der Waals surface area contributed by atoms with E-state index in [-0.39, 0.29) is 48.2 Å². The van der Waals surface area contributed by atoms with Gasteiger partial charge in [-0.2, -0.15) is 0 Å². The highest BCUT2D eigenvalue weighted by atomic mass is 32.2. The number of aliphatic hydroxyl groups excluding tert-OH is 5. The number of β-lactam (4-membered cyclic amide) rings is 1. The first-order chi connectivity index (χ1) is 32.6. The second-order valence-corrected chi connectivity index (χ2v) is 19.3. The van der Waals surface area contributed by atoms with Crippen molar-refractivity contribution in [3.63, 3.8) is 0 Å². The molecule has 2 amide bonds. The van der Waals surface area contributed by atoms with Crippen molar-refractivity contribution in [3.8, 4) is 0 Å². The van der Waals surface area contributed by atoms with Gasteiger partial charge in [0, 0.05) is 47.5 Å². The molecule has 382 valence electrons. The van der Waals surface area contributed by atoms with Crippen molar-refractivity contribution in [2.75, 3.05) is 24.6 Å². The lowest BCUT2D eigenvalue weighted by atomic mass is 9.84. The van der Waals surface area contributed by atoms with E-state index in [1.165, 1.54) is 31.0 Å². The van der Waals surface area contributed by atoms with E-state index in [0.29, 0.717) is 11.3 Å². The number of nitrogens with one attached hydrogen (secondary N) is 1. The van der Waals surface area contributed by atoms with Crippen LogP contribution in [0.15, 0.2) is 52.4 Å². The maximum Gasteiger partial charge on any atom is 0.350 e. The molecular weight excluding hydrogens is 955 g/mol. The van der Waals surface area contributed by atoms with Gasteiger partial charge in [0.25, 0.3) is 11.8 Å². The number of amides is 2. The number of aromatic nitrogens is 2. The molecule has 1 aliphatic carbocycles. The Morgan fingerprint density at radius 3 is 2.19 bits per heavy atom. The molecule has 6 heterocycles. The number of hydrogen-bond acceptors (Lipinski definition) is 25. The van der Waals surface area contributed by atoms with Crippen LogP contribution < -0.4 is 49.4 Å². The number of thioether (sulfide) groups is 1. The third-order valence-electron chi connectivity index (χ3n) is 12.0. The van der Waals surface area contributed by atoms with Crippen molar-refractivity contribution < 1.29 is 83.3 Å². The van der Waals surface area contributed by atoms with Crippen LogP contribution in [0.1, 0.15) is 32.4 Å². The number of carbonyl (C=O) groups is 4. The highest BCUT2D eigenvalue weighted by Crippen LogP contribution is 2.40. The van der Waals surface area contributed by atoms with Crippen molar-refractivity contribution in [2.45, 2.75) is 136 Å². The third-order valence-corrected chi connectivity index (χ3v) is 14.0. The number of rotatable bonds is 15. The number of fused-ring (bicyclic) bond motifs is 1. The van der Waals surface area contributed by atoms with Gasteiger partial charge in [-0.05, 0) is 26.7 Å². The van der Waals surface area contributed by atoms with Crippen LogP contribution in [0.25, 0.3) is 0 Å². The third kappa shape index (κ3) is 12.0. The monoisotopic (exact) mass is 1010 g/mol. The number of thiazole rings is 1. The molecule has 69 heavy (non-hydrogen) atoms. The van der Waals surface area contributed by atoms with E-state index in [1.807, 2.05) is 6.07 Å². The van der Waals surface area contributed by atoms with Crippen LogP contribution in [0.3, 0.4) is 0 Å². The Labute approximate surface area is 402 Å². The minimum absolute atomic E-state index is 0.0265. The average Bonchev–Trinajstić information content (AvgIpc) is 3.74. The zero-order valence-corrected chi connectivity index (χ0v) is 38.9. The standard InChI is InChI=1S/C22H22N6O7S2.C18H37N5O9/c1-22(2,20(33)34)35-26-13(12-10-37-21(23)24-12)16(29)25-14-17(30)28-15(19(31)32)11(9-36-18(14)28)8-27-6-4-3-5-7-27;19-3-9-8(25)2-7(22)17(29-9)31-15-5(20)1-6(21)16(14(15)28)32-18-13(27)11(23)12(26)10(4-24)30-18/h3-7,10,14,18H,8-9H2,1-2H3,(H4-,23,24,25,29,31,32,33,34);5-18,24-28H,1-4,19-23H2/b26-13-;/t14-,18-;5-,6+,7+,8-,9+,10+,11-,12+,13+,14-,15+,16-,17+,18+/m10/s1. The maximum atomic E-state index is 13.1. The van der Waals surface area contributed by atoms with E-state index in [4.69, 9.17) is 58.2 Å². The maximum absolute atomic E-state index is 13.1. The summed E-state index contributed by atoms with van der Waals surface area (Å²) in [7, 11) is 0. The lowest BCUT2D eigenvalue weighted by molar-refractivity contribution is -0.689. The van der Waals surface area contributed by atoms with Crippen LogP contribution in [-0.2, 0) is 49.5 Å². The Hall–Kier alpha value is -4.54. The Balaban J connectivity index is 0.000000229. The molecule has 2 aromatic rings. The average molecular weight is 1010 g/mol. The first-order valence-electron chi connectivity index (χ1n) is 21.6. The Morgan fingerprint density at radius 2 is 1.61 bits per heavy atom. The molecule has 5 aliphatic rings. The fourth-order valence-electron chi connectivity index (χ4n) is 7.99. The van der Waals surface area contributed by atoms with Crippen LogP contribution in [0.4, 0.5) is 5.13 Å². The van der Waals surface area contributed by atoms with Crippen molar-refractivity contribution in [3.05, 3.63) is 52.9 Å². The molecule has 0 radical (unpaired) electrons. The smallest absolute Gasteiger partial charge is 0.350 e. The van der Waals surface area contributed by atoms with Gasteiger partial charge in [0.05, 0.1) is 42.6 Å². The summed E-state index contributed by atoms with van der Waals surface area (Å²) in [5, 5.41) is 79.1. The van der Waals surface area contributed by atoms with Crippen LogP contribution in [0.2, 0.25) is 0 Å². The lowest BCUT2D eigenvalue weighted by Crippen LogP contribution is -2.71. The summed E-state index contributed by atoms with van der Waals surface area (Å²) in [6, 6.07) is 1.10. The predicted octanol–water partition coefficient (Wildman–Crippen LogP) is -7.60. The van der Waals surface area contributed by atoms with Crippen LogP contribution in [-0.4, -0.2) is 191 Å². The second kappa shape index (κ2) is 22.7. The van der Waals surface area contributed by atoms with Gasteiger partial charge in [-0.3, -0.25) is 14.5 Å².